The molecular weight excluding hydrogens is 430 g/mol. The van der Waals surface area contributed by atoms with E-state index in [9.17, 15) is 14.4 Å². The first-order valence-electron chi connectivity index (χ1n) is 11.2. The van der Waals surface area contributed by atoms with Crippen molar-refractivity contribution in [1.29, 1.82) is 0 Å². The maximum Gasteiger partial charge on any atom is 0.341 e. The van der Waals surface area contributed by atoms with Crippen LogP contribution < -0.4 is 10.1 Å². The molecule has 0 aliphatic rings. The van der Waals surface area contributed by atoms with Gasteiger partial charge in [-0.2, -0.15) is 0 Å². The summed E-state index contributed by atoms with van der Waals surface area (Å²) in [5.41, 5.74) is 4.16. The molecule has 0 aliphatic heterocycles. The molecule has 0 fully saturated rings. The molecule has 3 aromatic rings. The van der Waals surface area contributed by atoms with Gasteiger partial charge in [-0.15, -0.1) is 0 Å². The summed E-state index contributed by atoms with van der Waals surface area (Å²) in [5, 5.41) is 11.6. The van der Waals surface area contributed by atoms with E-state index in [1.165, 1.54) is 6.92 Å². The summed E-state index contributed by atoms with van der Waals surface area (Å²) in [4.78, 5) is 35.6. The molecule has 34 heavy (non-hydrogen) atoms. The highest BCUT2D eigenvalue weighted by atomic mass is 16.5. The lowest BCUT2D eigenvalue weighted by Gasteiger charge is -2.19. The van der Waals surface area contributed by atoms with Crippen LogP contribution in [0.15, 0.2) is 78.9 Å². The fourth-order valence-electron chi connectivity index (χ4n) is 3.62. The van der Waals surface area contributed by atoms with Crippen molar-refractivity contribution in [2.75, 3.05) is 6.61 Å². The molecule has 0 aromatic heterocycles. The predicted molar refractivity (Wildman–Crippen MR) is 131 cm³/mol. The van der Waals surface area contributed by atoms with Crippen molar-refractivity contribution in [3.05, 3.63) is 90.0 Å². The minimum atomic E-state index is -1.05. The third-order valence-corrected chi connectivity index (χ3v) is 5.58. The second-order valence-electron chi connectivity index (χ2n) is 8.37. The van der Waals surface area contributed by atoms with E-state index in [1.54, 1.807) is 24.3 Å². The number of carbonyl (C=O) groups is 3. The fraction of sp³-hybridized carbons (Fsp3) is 0.250. The molecule has 3 aromatic carbocycles. The summed E-state index contributed by atoms with van der Waals surface area (Å²) in [6.45, 7) is 2.90. The number of aliphatic carboxylic acids is 1. The summed E-state index contributed by atoms with van der Waals surface area (Å²) in [5.74, 6) is -1.21. The first-order chi connectivity index (χ1) is 16.3. The van der Waals surface area contributed by atoms with Crippen molar-refractivity contribution in [2.24, 2.45) is 5.92 Å². The monoisotopic (exact) mass is 459 g/mol. The molecular formula is C28H29NO5. The van der Waals surface area contributed by atoms with E-state index in [-0.39, 0.29) is 17.6 Å². The van der Waals surface area contributed by atoms with Gasteiger partial charge in [0.2, 0.25) is 5.91 Å². The first kappa shape index (κ1) is 24.7. The van der Waals surface area contributed by atoms with Gasteiger partial charge in [-0.05, 0) is 54.2 Å². The number of amides is 1. The zero-order valence-electron chi connectivity index (χ0n) is 19.4. The highest BCUT2D eigenvalue weighted by molar-refractivity contribution is 5.88. The number of Topliss-reactive ketones (excluding diaryl/α,β-unsaturated/α-hetero) is 1. The predicted octanol–water partition coefficient (Wildman–Crippen LogP) is 4.31. The van der Waals surface area contributed by atoms with Gasteiger partial charge in [-0.3, -0.25) is 9.59 Å². The number of rotatable bonds is 11. The van der Waals surface area contributed by atoms with Crippen molar-refractivity contribution < 1.29 is 24.2 Å². The quantitative estimate of drug-likeness (QED) is 0.446. The Hall–Kier alpha value is -3.93. The van der Waals surface area contributed by atoms with Gasteiger partial charge in [-0.1, -0.05) is 73.7 Å². The lowest BCUT2D eigenvalue weighted by atomic mass is 9.96. The van der Waals surface area contributed by atoms with E-state index in [4.69, 9.17) is 9.84 Å². The summed E-state index contributed by atoms with van der Waals surface area (Å²) in [6, 6.07) is 24.5. The number of hydrogen-bond acceptors (Lipinski definition) is 4. The van der Waals surface area contributed by atoms with Gasteiger partial charge < -0.3 is 15.2 Å². The van der Waals surface area contributed by atoms with Gasteiger partial charge in [0.1, 0.15) is 5.75 Å². The van der Waals surface area contributed by atoms with E-state index >= 15 is 0 Å². The summed E-state index contributed by atoms with van der Waals surface area (Å²) in [6.07, 6.45) is 0.917. The van der Waals surface area contributed by atoms with Gasteiger partial charge in [0.25, 0.3) is 0 Å². The van der Waals surface area contributed by atoms with Crippen molar-refractivity contribution in [2.45, 2.75) is 32.7 Å². The number of carboxylic acid groups (broad SMARTS) is 1. The molecule has 0 spiro atoms. The summed E-state index contributed by atoms with van der Waals surface area (Å²) >= 11 is 0. The van der Waals surface area contributed by atoms with Crippen LogP contribution in [0.25, 0.3) is 11.1 Å². The number of carbonyl (C=O) groups excluding carboxylic acids is 2. The molecule has 0 radical (unpaired) electrons. The van der Waals surface area contributed by atoms with Gasteiger partial charge in [0.15, 0.2) is 12.4 Å². The lowest BCUT2D eigenvalue weighted by molar-refractivity contribution is -0.139. The molecule has 0 heterocycles. The van der Waals surface area contributed by atoms with E-state index in [1.807, 2.05) is 37.3 Å². The second-order valence-corrected chi connectivity index (χ2v) is 8.37. The Morgan fingerprint density at radius 3 is 1.97 bits per heavy atom. The van der Waals surface area contributed by atoms with E-state index in [0.29, 0.717) is 18.6 Å². The molecule has 0 bridgehead atoms. The third-order valence-electron chi connectivity index (χ3n) is 5.58. The smallest absolute Gasteiger partial charge is 0.341 e. The summed E-state index contributed by atoms with van der Waals surface area (Å²) in [7, 11) is 0. The molecule has 6 heteroatoms. The molecule has 176 valence electrons. The van der Waals surface area contributed by atoms with Gasteiger partial charge >= 0.3 is 5.97 Å². The van der Waals surface area contributed by atoms with Crippen LogP contribution in [0.1, 0.15) is 25.0 Å². The zero-order chi connectivity index (χ0) is 24.5. The maximum absolute atomic E-state index is 12.8. The molecule has 6 nitrogen and oxygen atoms in total. The average molecular weight is 460 g/mol. The second kappa shape index (κ2) is 11.8. The van der Waals surface area contributed by atoms with Crippen molar-refractivity contribution in [3.8, 4) is 16.9 Å². The van der Waals surface area contributed by atoms with Crippen LogP contribution in [0, 0.1) is 5.92 Å². The minimum absolute atomic E-state index is 0.126. The van der Waals surface area contributed by atoms with Crippen LogP contribution in [0.2, 0.25) is 0 Å². The van der Waals surface area contributed by atoms with Crippen LogP contribution in [-0.4, -0.2) is 35.4 Å². The number of nitrogens with one attached hydrogen (secondary N) is 1. The highest BCUT2D eigenvalue weighted by Gasteiger charge is 2.21. The van der Waals surface area contributed by atoms with Crippen LogP contribution >= 0.6 is 0 Å². The molecule has 2 N–H and O–H groups in total. The highest BCUT2D eigenvalue weighted by Crippen LogP contribution is 2.20. The molecule has 0 aliphatic carbocycles. The third kappa shape index (κ3) is 7.30. The Morgan fingerprint density at radius 2 is 1.38 bits per heavy atom. The van der Waals surface area contributed by atoms with Crippen molar-refractivity contribution >= 4 is 17.7 Å². The average Bonchev–Trinajstić information content (AvgIpc) is 2.84. The Morgan fingerprint density at radius 1 is 0.824 bits per heavy atom. The zero-order valence-corrected chi connectivity index (χ0v) is 19.4. The topological polar surface area (TPSA) is 92.7 Å². The molecule has 3 rings (SSSR count). The Kier molecular flexibility index (Phi) is 8.57. The Balaban J connectivity index is 1.56. The number of ketones is 1. The normalized spacial score (nSPS) is 12.4. The van der Waals surface area contributed by atoms with E-state index in [2.05, 4.69) is 29.6 Å². The van der Waals surface area contributed by atoms with Gasteiger partial charge in [0.05, 0.1) is 6.04 Å². The maximum atomic E-state index is 12.8. The molecule has 2 atom stereocenters. The number of benzene rings is 3. The molecule has 0 saturated heterocycles. The van der Waals surface area contributed by atoms with Crippen molar-refractivity contribution in [1.82, 2.24) is 5.32 Å². The van der Waals surface area contributed by atoms with Crippen molar-refractivity contribution in [3.63, 3.8) is 0 Å². The standard InChI is InChI=1S/C28H29NO5/c1-19(16-21-8-12-24(13-9-21)23-6-4-3-5-7-23)28(33)29-26(20(2)30)17-22-10-14-25(15-11-22)34-18-27(31)32/h3-15,19,26H,16-18H2,1-2H3,(H,29,33)(H,31,32)/t19-,26-/m0/s1. The largest absolute Gasteiger partial charge is 0.482 e. The Labute approximate surface area is 199 Å². The van der Waals surface area contributed by atoms with Crippen LogP contribution in [0.5, 0.6) is 5.75 Å². The molecule has 1 amide bonds. The lowest BCUT2D eigenvalue weighted by Crippen LogP contribution is -2.44. The van der Waals surface area contributed by atoms with Crippen LogP contribution in [-0.2, 0) is 27.2 Å². The summed E-state index contributed by atoms with van der Waals surface area (Å²) < 4.78 is 5.12. The van der Waals surface area contributed by atoms with Crippen LogP contribution in [0.4, 0.5) is 0 Å². The van der Waals surface area contributed by atoms with Gasteiger partial charge in [-0.25, -0.2) is 4.79 Å². The van der Waals surface area contributed by atoms with E-state index in [0.717, 1.165) is 22.3 Å². The molecule has 0 saturated carbocycles. The first-order valence-corrected chi connectivity index (χ1v) is 11.2. The SMILES string of the molecule is CC(=O)[C@H](Cc1ccc(OCC(=O)O)cc1)NC(=O)[C@@H](C)Cc1ccc(-c2ccccc2)cc1. The minimum Gasteiger partial charge on any atom is -0.482 e. The van der Waals surface area contributed by atoms with E-state index < -0.39 is 18.6 Å². The van der Waals surface area contributed by atoms with Gasteiger partial charge in [0, 0.05) is 5.92 Å². The van der Waals surface area contributed by atoms with Crippen LogP contribution in [0.3, 0.4) is 0 Å². The number of hydrogen-bond donors (Lipinski definition) is 2. The Bertz CT molecular complexity index is 1110. The number of carboxylic acids is 1. The number of ether oxygens (including phenoxy) is 1. The molecule has 0 unspecified atom stereocenters. The fourth-order valence-corrected chi connectivity index (χ4v) is 3.62.